The van der Waals surface area contributed by atoms with Gasteiger partial charge in [-0.05, 0) is 71.1 Å². The number of benzene rings is 4. The first-order valence-electron chi connectivity index (χ1n) is 8.45. The van der Waals surface area contributed by atoms with Gasteiger partial charge >= 0.3 is 0 Å². The van der Waals surface area contributed by atoms with Gasteiger partial charge in [0.25, 0.3) is 0 Å². The van der Waals surface area contributed by atoms with Crippen LogP contribution in [0.4, 0.5) is 22.7 Å². The van der Waals surface area contributed by atoms with Crippen LogP contribution in [0.25, 0.3) is 10.8 Å². The van der Waals surface area contributed by atoms with Gasteiger partial charge in [-0.15, -0.1) is 10.2 Å². The molecular weight excluding hydrogens is 447 g/mol. The Morgan fingerprint density at radius 2 is 0.926 bits per heavy atom. The summed E-state index contributed by atoms with van der Waals surface area (Å²) in [7, 11) is 0. The van der Waals surface area contributed by atoms with E-state index in [1.165, 1.54) is 3.57 Å². The monoisotopic (exact) mass is 462 g/mol. The van der Waals surface area contributed by atoms with Crippen molar-refractivity contribution in [2.45, 2.75) is 0 Å². The van der Waals surface area contributed by atoms with Crippen molar-refractivity contribution in [3.05, 3.63) is 94.6 Å². The largest absolute Gasteiger partial charge is 0.151 e. The molecule has 0 bridgehead atoms. The minimum absolute atomic E-state index is 0.808. The van der Waals surface area contributed by atoms with Gasteiger partial charge < -0.3 is 0 Å². The number of nitrogens with zero attached hydrogens (tertiary/aromatic N) is 4. The van der Waals surface area contributed by atoms with Gasteiger partial charge in [0.05, 0.1) is 22.7 Å². The van der Waals surface area contributed by atoms with E-state index in [1.807, 2.05) is 91.0 Å². The number of rotatable bonds is 4. The van der Waals surface area contributed by atoms with E-state index >= 15 is 0 Å². The quantitative estimate of drug-likeness (QED) is 0.217. The normalized spacial score (nSPS) is 11.6. The summed E-state index contributed by atoms with van der Waals surface area (Å²) >= 11 is 2.27. The van der Waals surface area contributed by atoms with Crippen LogP contribution in [0.5, 0.6) is 0 Å². The number of hydrogen-bond acceptors (Lipinski definition) is 4. The van der Waals surface area contributed by atoms with Gasteiger partial charge in [0.15, 0.2) is 0 Å². The second-order valence-electron chi connectivity index (χ2n) is 5.86. The lowest BCUT2D eigenvalue weighted by Crippen LogP contribution is -1.75. The van der Waals surface area contributed by atoms with E-state index in [4.69, 9.17) is 0 Å². The van der Waals surface area contributed by atoms with Crippen LogP contribution in [0.1, 0.15) is 0 Å². The Bertz CT molecular complexity index is 1120. The van der Waals surface area contributed by atoms with Gasteiger partial charge in [-0.25, -0.2) is 0 Å². The first kappa shape index (κ1) is 17.5. The third-order valence-electron chi connectivity index (χ3n) is 4.01. The van der Waals surface area contributed by atoms with E-state index in [0.29, 0.717) is 0 Å². The first-order valence-corrected chi connectivity index (χ1v) is 9.53. The Hall–Kier alpha value is -2.93. The molecule has 0 aliphatic carbocycles. The molecule has 0 radical (unpaired) electrons. The molecule has 0 spiro atoms. The van der Waals surface area contributed by atoms with Crippen molar-refractivity contribution in [1.29, 1.82) is 0 Å². The molecule has 4 nitrogen and oxygen atoms in total. The van der Waals surface area contributed by atoms with Gasteiger partial charge in [-0.3, -0.25) is 0 Å². The van der Waals surface area contributed by atoms with Crippen LogP contribution in [0.15, 0.2) is 111 Å². The van der Waals surface area contributed by atoms with E-state index in [1.54, 1.807) is 0 Å². The maximum Gasteiger partial charge on any atom is 0.0936 e. The third-order valence-corrected chi connectivity index (χ3v) is 4.73. The minimum atomic E-state index is 0.808. The molecular formula is C22H15IN4. The minimum Gasteiger partial charge on any atom is -0.151 e. The molecule has 4 rings (SSSR count). The predicted molar refractivity (Wildman–Crippen MR) is 118 cm³/mol. The van der Waals surface area contributed by atoms with E-state index in [-0.39, 0.29) is 0 Å². The lowest BCUT2D eigenvalue weighted by atomic mass is 10.1. The Morgan fingerprint density at radius 1 is 0.444 bits per heavy atom. The fraction of sp³-hybridized carbons (Fsp3) is 0. The highest BCUT2D eigenvalue weighted by molar-refractivity contribution is 14.1. The molecule has 0 N–H and O–H groups in total. The molecule has 0 heterocycles. The molecule has 5 heteroatoms. The summed E-state index contributed by atoms with van der Waals surface area (Å²) in [6.07, 6.45) is 0. The fourth-order valence-electron chi connectivity index (χ4n) is 2.67. The fourth-order valence-corrected chi connectivity index (χ4v) is 3.03. The molecule has 0 unspecified atom stereocenters. The molecule has 4 aromatic carbocycles. The summed E-state index contributed by atoms with van der Waals surface area (Å²) < 4.78 is 1.17. The third kappa shape index (κ3) is 4.25. The van der Waals surface area contributed by atoms with E-state index in [2.05, 4.69) is 43.0 Å². The Labute approximate surface area is 170 Å². The number of halogens is 1. The van der Waals surface area contributed by atoms with Crippen LogP contribution in [-0.2, 0) is 0 Å². The molecule has 0 atom stereocenters. The molecule has 0 aromatic heterocycles. The molecule has 4 aromatic rings. The summed E-state index contributed by atoms with van der Waals surface area (Å²) in [5.41, 5.74) is 3.27. The zero-order valence-corrected chi connectivity index (χ0v) is 16.5. The van der Waals surface area contributed by atoms with E-state index in [0.717, 1.165) is 33.5 Å². The van der Waals surface area contributed by atoms with Crippen molar-refractivity contribution in [2.75, 3.05) is 0 Å². The van der Waals surface area contributed by atoms with Crippen molar-refractivity contribution in [2.24, 2.45) is 20.5 Å². The van der Waals surface area contributed by atoms with Crippen LogP contribution >= 0.6 is 22.6 Å². The molecule has 0 fully saturated rings. The molecule has 130 valence electrons. The summed E-state index contributed by atoms with van der Waals surface area (Å²) in [5, 5.41) is 19.5. The second-order valence-corrected chi connectivity index (χ2v) is 7.11. The molecule has 0 aliphatic rings. The Balaban J connectivity index is 1.70. The van der Waals surface area contributed by atoms with Gasteiger partial charge in [-0.1, -0.05) is 42.5 Å². The van der Waals surface area contributed by atoms with Crippen LogP contribution in [0.3, 0.4) is 0 Å². The second kappa shape index (κ2) is 8.18. The first-order chi connectivity index (χ1) is 13.3. The zero-order chi connectivity index (χ0) is 18.5. The summed E-state index contributed by atoms with van der Waals surface area (Å²) in [6, 6.07) is 29.5. The van der Waals surface area contributed by atoms with Gasteiger partial charge in [0, 0.05) is 14.3 Å². The molecule has 27 heavy (non-hydrogen) atoms. The Kier molecular flexibility index (Phi) is 5.29. The number of azo groups is 2. The molecule has 0 saturated carbocycles. The van der Waals surface area contributed by atoms with E-state index < -0.39 is 0 Å². The maximum absolute atomic E-state index is 4.44. The molecule has 0 aliphatic heterocycles. The van der Waals surface area contributed by atoms with Crippen molar-refractivity contribution in [1.82, 2.24) is 0 Å². The lowest BCUT2D eigenvalue weighted by molar-refractivity contribution is 1.22. The van der Waals surface area contributed by atoms with Crippen LogP contribution in [0.2, 0.25) is 0 Å². The van der Waals surface area contributed by atoms with Gasteiger partial charge in [0.1, 0.15) is 0 Å². The molecule has 0 saturated heterocycles. The highest BCUT2D eigenvalue weighted by Gasteiger charge is 2.05. The van der Waals surface area contributed by atoms with Crippen molar-refractivity contribution in [3.63, 3.8) is 0 Å². The smallest absolute Gasteiger partial charge is 0.0936 e. The van der Waals surface area contributed by atoms with Crippen LogP contribution in [-0.4, -0.2) is 0 Å². The number of hydrogen-bond donors (Lipinski definition) is 0. The number of fused-ring (bicyclic) bond motifs is 1. The summed E-state index contributed by atoms with van der Waals surface area (Å²) in [5.74, 6) is 0. The topological polar surface area (TPSA) is 49.4 Å². The maximum atomic E-state index is 4.44. The molecule has 0 amide bonds. The summed E-state index contributed by atoms with van der Waals surface area (Å²) in [6.45, 7) is 0. The average Bonchev–Trinajstić information content (AvgIpc) is 2.73. The van der Waals surface area contributed by atoms with Gasteiger partial charge in [-0.2, -0.15) is 10.2 Å². The Morgan fingerprint density at radius 3 is 1.48 bits per heavy atom. The van der Waals surface area contributed by atoms with Crippen molar-refractivity contribution >= 4 is 56.1 Å². The summed E-state index contributed by atoms with van der Waals surface area (Å²) in [4.78, 5) is 0. The highest BCUT2D eigenvalue weighted by Crippen LogP contribution is 2.35. The van der Waals surface area contributed by atoms with Crippen LogP contribution in [0, 0.1) is 3.57 Å². The van der Waals surface area contributed by atoms with Gasteiger partial charge in [0.2, 0.25) is 0 Å². The standard InChI is InChI=1S/C22H15IN4/c23-16-10-12-18(13-11-16)25-27-22-15-14-21(19-8-4-5-9-20(19)22)26-24-17-6-2-1-3-7-17/h1-15H. The van der Waals surface area contributed by atoms with Crippen molar-refractivity contribution < 1.29 is 0 Å². The predicted octanol–water partition coefficient (Wildman–Crippen LogP) is 8.28. The van der Waals surface area contributed by atoms with E-state index in [9.17, 15) is 0 Å². The SMILES string of the molecule is Ic1ccc(N=Nc2ccc(N=Nc3ccccc3)c3ccccc23)cc1. The lowest BCUT2D eigenvalue weighted by Gasteiger charge is -2.04. The van der Waals surface area contributed by atoms with Crippen LogP contribution < -0.4 is 0 Å². The average molecular weight is 462 g/mol. The zero-order valence-electron chi connectivity index (χ0n) is 14.3. The highest BCUT2D eigenvalue weighted by atomic mass is 127. The van der Waals surface area contributed by atoms with Crippen molar-refractivity contribution in [3.8, 4) is 0 Å².